The molecule has 0 radical (unpaired) electrons. The van der Waals surface area contributed by atoms with Gasteiger partial charge in [-0.05, 0) is 18.2 Å². The van der Waals surface area contributed by atoms with Crippen LogP contribution < -0.4 is 10.2 Å². The molecule has 142 valence electrons. The van der Waals surface area contributed by atoms with E-state index in [1.165, 1.54) is 26.2 Å². The monoisotopic (exact) mass is 382 g/mol. The van der Waals surface area contributed by atoms with Crippen molar-refractivity contribution in [2.75, 3.05) is 45.0 Å². The predicted molar refractivity (Wildman–Crippen MR) is 96.2 cm³/mol. The Bertz CT molecular complexity index is 832. The third-order valence-corrected chi connectivity index (χ3v) is 5.77. The van der Waals surface area contributed by atoms with E-state index in [9.17, 15) is 22.8 Å². The first-order chi connectivity index (χ1) is 12.0. The van der Waals surface area contributed by atoms with E-state index in [2.05, 4.69) is 5.32 Å². The second-order valence-corrected chi connectivity index (χ2v) is 8.43. The Morgan fingerprint density at radius 3 is 2.19 bits per heavy atom. The zero-order valence-corrected chi connectivity index (χ0v) is 16.0. The Hall–Kier alpha value is -2.46. The van der Waals surface area contributed by atoms with E-state index in [0.29, 0.717) is 5.69 Å². The van der Waals surface area contributed by atoms with Crippen LogP contribution in [0.15, 0.2) is 23.1 Å². The summed E-state index contributed by atoms with van der Waals surface area (Å²) in [5, 5.41) is 2.60. The number of benzene rings is 1. The lowest BCUT2D eigenvalue weighted by atomic mass is 10.2. The van der Waals surface area contributed by atoms with Gasteiger partial charge in [-0.25, -0.2) is 12.7 Å². The number of carbonyl (C=O) groups is 3. The van der Waals surface area contributed by atoms with E-state index < -0.39 is 22.5 Å². The van der Waals surface area contributed by atoms with Crippen molar-refractivity contribution in [3.8, 4) is 0 Å². The minimum atomic E-state index is -3.67. The Labute approximate surface area is 152 Å². The average molecular weight is 382 g/mol. The van der Waals surface area contributed by atoms with Crippen LogP contribution in [0.3, 0.4) is 0 Å². The topological polar surface area (TPSA) is 107 Å². The molecule has 0 spiro atoms. The normalized spacial score (nSPS) is 14.9. The smallest absolute Gasteiger partial charge is 0.244 e. The van der Waals surface area contributed by atoms with Gasteiger partial charge in [-0.3, -0.25) is 19.3 Å². The number of hydrogen-bond acceptors (Lipinski definition) is 6. The van der Waals surface area contributed by atoms with Crippen LogP contribution in [0.4, 0.5) is 11.4 Å². The molecule has 1 aromatic carbocycles. The molecule has 0 saturated carbocycles. The molecular weight excluding hydrogens is 360 g/mol. The Morgan fingerprint density at radius 1 is 1.12 bits per heavy atom. The first-order valence-electron chi connectivity index (χ1n) is 7.91. The third-order valence-electron chi connectivity index (χ3n) is 3.96. The Morgan fingerprint density at radius 2 is 1.69 bits per heavy atom. The molecular formula is C16H22N4O5S. The van der Waals surface area contributed by atoms with Gasteiger partial charge in [0.25, 0.3) is 0 Å². The second-order valence-electron chi connectivity index (χ2n) is 6.28. The highest BCUT2D eigenvalue weighted by molar-refractivity contribution is 7.89. The number of likely N-dealkylation sites (tertiary alicyclic amines) is 1. The van der Waals surface area contributed by atoms with Crippen molar-refractivity contribution in [2.24, 2.45) is 0 Å². The van der Waals surface area contributed by atoms with Crippen LogP contribution in [0, 0.1) is 0 Å². The molecule has 0 unspecified atom stereocenters. The van der Waals surface area contributed by atoms with E-state index in [1.807, 2.05) is 0 Å². The van der Waals surface area contributed by atoms with Gasteiger partial charge in [0.15, 0.2) is 0 Å². The fraction of sp³-hybridized carbons (Fsp3) is 0.438. The molecule has 10 heteroatoms. The van der Waals surface area contributed by atoms with E-state index in [1.54, 1.807) is 25.1 Å². The summed E-state index contributed by atoms with van der Waals surface area (Å²) < 4.78 is 25.7. The zero-order chi connectivity index (χ0) is 19.6. The molecule has 0 atom stereocenters. The summed E-state index contributed by atoms with van der Waals surface area (Å²) >= 11 is 0. The molecule has 0 aromatic heterocycles. The second kappa shape index (κ2) is 7.42. The van der Waals surface area contributed by atoms with Crippen molar-refractivity contribution in [3.63, 3.8) is 0 Å². The molecule has 3 amide bonds. The summed E-state index contributed by atoms with van der Waals surface area (Å²) in [7, 11) is 2.65. The number of hydrogen-bond donors (Lipinski definition) is 1. The minimum Gasteiger partial charge on any atom is -0.376 e. The van der Waals surface area contributed by atoms with Crippen molar-refractivity contribution in [2.45, 2.75) is 17.7 Å². The summed E-state index contributed by atoms with van der Waals surface area (Å²) in [6.45, 7) is -0.394. The van der Waals surface area contributed by atoms with Gasteiger partial charge < -0.3 is 10.2 Å². The van der Waals surface area contributed by atoms with Crippen LogP contribution in [0.2, 0.25) is 0 Å². The van der Waals surface area contributed by atoms with Gasteiger partial charge in [-0.1, -0.05) is 0 Å². The summed E-state index contributed by atoms with van der Waals surface area (Å²) in [4.78, 5) is 38.2. The largest absolute Gasteiger partial charge is 0.376 e. The standard InChI is InChI=1S/C16H22N4O5S/c1-18(2)13-6-5-11(26(24,25)19(3)4)9-12(13)17-14(21)10-20-15(22)7-8-16(20)23/h5-6,9H,7-8,10H2,1-4H3,(H,17,21). The molecule has 26 heavy (non-hydrogen) atoms. The number of amides is 3. The van der Waals surface area contributed by atoms with Crippen LogP contribution in [-0.4, -0.2) is 70.1 Å². The first kappa shape index (κ1) is 19.9. The molecule has 9 nitrogen and oxygen atoms in total. The van der Waals surface area contributed by atoms with Crippen molar-refractivity contribution >= 4 is 39.1 Å². The third kappa shape index (κ3) is 4.02. The molecule has 1 fully saturated rings. The van der Waals surface area contributed by atoms with Gasteiger partial charge in [0, 0.05) is 41.0 Å². The highest BCUT2D eigenvalue weighted by atomic mass is 32.2. The lowest BCUT2D eigenvalue weighted by Gasteiger charge is -2.21. The van der Waals surface area contributed by atoms with Crippen LogP contribution in [-0.2, 0) is 24.4 Å². The molecule has 0 bridgehead atoms. The first-order valence-corrected chi connectivity index (χ1v) is 9.35. The number of imide groups is 1. The number of carbonyl (C=O) groups excluding carboxylic acids is 3. The van der Waals surface area contributed by atoms with Gasteiger partial charge in [0.2, 0.25) is 27.7 Å². The number of anilines is 2. The Balaban J connectivity index is 2.30. The van der Waals surface area contributed by atoms with Crippen molar-refractivity contribution in [1.82, 2.24) is 9.21 Å². The maximum absolute atomic E-state index is 12.3. The lowest BCUT2D eigenvalue weighted by molar-refractivity contribution is -0.141. The molecule has 1 heterocycles. The van der Waals surface area contributed by atoms with Crippen molar-refractivity contribution < 1.29 is 22.8 Å². The van der Waals surface area contributed by atoms with Crippen LogP contribution in [0.5, 0.6) is 0 Å². The summed E-state index contributed by atoms with van der Waals surface area (Å²) in [6, 6.07) is 4.39. The van der Waals surface area contributed by atoms with Gasteiger partial charge in [-0.15, -0.1) is 0 Å². The molecule has 1 saturated heterocycles. The molecule has 1 aromatic rings. The average Bonchev–Trinajstić information content (AvgIpc) is 2.86. The highest BCUT2D eigenvalue weighted by Crippen LogP contribution is 2.28. The molecule has 1 aliphatic heterocycles. The van der Waals surface area contributed by atoms with E-state index in [4.69, 9.17) is 0 Å². The summed E-state index contributed by atoms with van der Waals surface area (Å²) in [5.74, 6) is -1.35. The maximum atomic E-state index is 12.3. The zero-order valence-electron chi connectivity index (χ0n) is 15.1. The van der Waals surface area contributed by atoms with Gasteiger partial charge >= 0.3 is 0 Å². The summed E-state index contributed by atoms with van der Waals surface area (Å²) in [6.07, 6.45) is 0.206. The molecule has 0 aliphatic carbocycles. The van der Waals surface area contributed by atoms with E-state index >= 15 is 0 Å². The fourth-order valence-corrected chi connectivity index (χ4v) is 3.44. The van der Waals surface area contributed by atoms with E-state index in [-0.39, 0.29) is 35.2 Å². The van der Waals surface area contributed by atoms with Crippen LogP contribution >= 0.6 is 0 Å². The molecule has 2 rings (SSSR count). The number of nitrogens with one attached hydrogen (secondary N) is 1. The maximum Gasteiger partial charge on any atom is 0.244 e. The van der Waals surface area contributed by atoms with Crippen LogP contribution in [0.25, 0.3) is 0 Å². The SMILES string of the molecule is CN(C)c1ccc(S(=O)(=O)N(C)C)cc1NC(=O)CN1C(=O)CCC1=O. The number of nitrogens with zero attached hydrogens (tertiary/aromatic N) is 3. The molecule has 1 aliphatic rings. The summed E-state index contributed by atoms with van der Waals surface area (Å²) in [5.41, 5.74) is 0.872. The number of sulfonamides is 1. The van der Waals surface area contributed by atoms with Crippen molar-refractivity contribution in [3.05, 3.63) is 18.2 Å². The molecule has 1 N–H and O–H groups in total. The fourth-order valence-electron chi connectivity index (χ4n) is 2.51. The quantitative estimate of drug-likeness (QED) is 0.699. The van der Waals surface area contributed by atoms with Gasteiger partial charge in [-0.2, -0.15) is 0 Å². The number of rotatable bonds is 6. The van der Waals surface area contributed by atoms with E-state index in [0.717, 1.165) is 9.21 Å². The van der Waals surface area contributed by atoms with Crippen molar-refractivity contribution in [1.29, 1.82) is 0 Å². The Kier molecular flexibility index (Phi) is 5.67. The highest BCUT2D eigenvalue weighted by Gasteiger charge is 2.30. The predicted octanol–water partition coefficient (Wildman–Crippen LogP) is 0.0904. The van der Waals surface area contributed by atoms with Crippen LogP contribution in [0.1, 0.15) is 12.8 Å². The lowest BCUT2D eigenvalue weighted by Crippen LogP contribution is -2.37. The van der Waals surface area contributed by atoms with Gasteiger partial charge in [0.05, 0.1) is 16.3 Å². The van der Waals surface area contributed by atoms with Gasteiger partial charge in [0.1, 0.15) is 6.54 Å². The minimum absolute atomic E-state index is 0.0247.